The van der Waals surface area contributed by atoms with Gasteiger partial charge in [-0.1, -0.05) is 35.9 Å². The summed E-state index contributed by atoms with van der Waals surface area (Å²) >= 11 is 5.89. The minimum absolute atomic E-state index is 0.0753. The van der Waals surface area contributed by atoms with E-state index in [1.165, 1.54) is 0 Å². The Morgan fingerprint density at radius 3 is 3.00 bits per heavy atom. The van der Waals surface area contributed by atoms with Gasteiger partial charge in [0.25, 0.3) is 0 Å². The summed E-state index contributed by atoms with van der Waals surface area (Å²) in [6.07, 6.45) is 9.49. The van der Waals surface area contributed by atoms with Crippen molar-refractivity contribution < 1.29 is 9.47 Å². The summed E-state index contributed by atoms with van der Waals surface area (Å²) in [6, 6.07) is 6.03. The number of halogens is 1. The van der Waals surface area contributed by atoms with Crippen molar-refractivity contribution in [3.05, 3.63) is 64.5 Å². The maximum absolute atomic E-state index is 5.94. The monoisotopic (exact) mass is 389 g/mol. The van der Waals surface area contributed by atoms with Crippen LogP contribution in [0, 0.1) is 6.92 Å². The average molecular weight is 390 g/mol. The lowest BCUT2D eigenvalue weighted by atomic mass is 10.1. The minimum Gasteiger partial charge on any atom is -0.474 e. The number of aliphatic imine (C=N–C) groups is 1. The lowest BCUT2D eigenvalue weighted by molar-refractivity contribution is 0.196. The Kier molecular flexibility index (Phi) is 6.52. The summed E-state index contributed by atoms with van der Waals surface area (Å²) in [4.78, 5) is 4.41. The van der Waals surface area contributed by atoms with E-state index in [9.17, 15) is 0 Å². The third-order valence-corrected chi connectivity index (χ3v) is 4.58. The Morgan fingerprint density at radius 2 is 2.30 bits per heavy atom. The Bertz CT molecular complexity index is 790. The summed E-state index contributed by atoms with van der Waals surface area (Å²) in [5, 5.41) is 4.03. The predicted molar refractivity (Wildman–Crippen MR) is 108 cm³/mol. The van der Waals surface area contributed by atoms with Crippen LogP contribution in [0.15, 0.2) is 58.4 Å². The molecule has 1 aliphatic carbocycles. The minimum atomic E-state index is -0.181. The van der Waals surface area contributed by atoms with Gasteiger partial charge in [0.15, 0.2) is 18.3 Å². The van der Waals surface area contributed by atoms with Crippen LogP contribution in [0.25, 0.3) is 0 Å². The van der Waals surface area contributed by atoms with Gasteiger partial charge in [0.05, 0.1) is 6.04 Å². The van der Waals surface area contributed by atoms with Crippen LogP contribution in [0.5, 0.6) is 0 Å². The number of epoxide rings is 1. The second kappa shape index (κ2) is 9.05. The number of hydrogen-bond acceptors (Lipinski definition) is 7. The molecule has 1 heterocycles. The van der Waals surface area contributed by atoms with Crippen molar-refractivity contribution in [3.63, 3.8) is 0 Å². The highest BCUT2D eigenvalue weighted by molar-refractivity contribution is 6.31. The standard InChI is InChI=1S/C19H24ClN5O2/c1-12-3-2-4-16(24-18-19(25-22)27-18)15(12)11-26-17(21)9-10-23-14-7-5-13(20)6-8-14/h2-7,9-10,14,18-19,24-25H,8,11,21-22H2,1H3. The molecule has 6 N–H and O–H groups in total. The van der Waals surface area contributed by atoms with Crippen molar-refractivity contribution in [2.24, 2.45) is 16.6 Å². The Balaban J connectivity index is 1.55. The van der Waals surface area contributed by atoms with Crippen LogP contribution in [-0.2, 0) is 16.1 Å². The summed E-state index contributed by atoms with van der Waals surface area (Å²) in [5.74, 6) is 5.66. The fourth-order valence-corrected chi connectivity index (χ4v) is 2.82. The number of hydrogen-bond donors (Lipinski definition) is 4. The molecule has 3 rings (SSSR count). The molecule has 0 saturated carbocycles. The number of nitrogens with zero attached hydrogens (tertiary/aromatic N) is 1. The van der Waals surface area contributed by atoms with E-state index in [4.69, 9.17) is 32.7 Å². The zero-order valence-electron chi connectivity index (χ0n) is 15.1. The van der Waals surface area contributed by atoms with Crippen LogP contribution in [-0.4, -0.2) is 24.7 Å². The lowest BCUT2D eigenvalue weighted by Gasteiger charge is -2.14. The summed E-state index contributed by atoms with van der Waals surface area (Å²) < 4.78 is 11.0. The van der Waals surface area contributed by atoms with E-state index in [0.717, 1.165) is 28.3 Å². The maximum atomic E-state index is 5.94. The molecule has 1 aliphatic heterocycles. The third-order valence-electron chi connectivity index (χ3n) is 4.30. The molecule has 0 aromatic heterocycles. The van der Waals surface area contributed by atoms with Gasteiger partial charge >= 0.3 is 0 Å². The Morgan fingerprint density at radius 1 is 1.44 bits per heavy atom. The first-order valence-electron chi connectivity index (χ1n) is 8.69. The molecule has 1 aromatic carbocycles. The number of anilines is 1. The number of nitrogens with one attached hydrogen (secondary N) is 2. The molecule has 2 aliphatic rings. The first kappa shape index (κ1) is 19.4. The van der Waals surface area contributed by atoms with Gasteiger partial charge in [0.2, 0.25) is 0 Å². The van der Waals surface area contributed by atoms with E-state index in [-0.39, 0.29) is 18.5 Å². The second-order valence-electron chi connectivity index (χ2n) is 6.30. The molecule has 1 aromatic rings. The first-order valence-corrected chi connectivity index (χ1v) is 9.07. The van der Waals surface area contributed by atoms with Crippen molar-refractivity contribution in [1.82, 2.24) is 5.43 Å². The van der Waals surface area contributed by atoms with Crippen molar-refractivity contribution in [1.29, 1.82) is 0 Å². The fourth-order valence-electron chi connectivity index (χ4n) is 2.66. The fraction of sp³-hybridized carbons (Fsp3) is 0.316. The molecule has 8 heteroatoms. The largest absolute Gasteiger partial charge is 0.474 e. The second-order valence-corrected chi connectivity index (χ2v) is 6.73. The molecule has 3 atom stereocenters. The number of rotatable bonds is 8. The summed E-state index contributed by atoms with van der Waals surface area (Å²) in [7, 11) is 0. The Hall–Kier alpha value is -2.32. The molecule has 0 amide bonds. The van der Waals surface area contributed by atoms with Gasteiger partial charge in [0.1, 0.15) is 6.61 Å². The van der Waals surface area contributed by atoms with Crippen molar-refractivity contribution in [2.75, 3.05) is 5.32 Å². The van der Waals surface area contributed by atoms with Crippen molar-refractivity contribution >= 4 is 23.5 Å². The van der Waals surface area contributed by atoms with E-state index in [1.54, 1.807) is 12.3 Å². The number of allylic oxidation sites excluding steroid dienone is 3. The molecular formula is C19H24ClN5O2. The van der Waals surface area contributed by atoms with Gasteiger partial charge < -0.3 is 20.5 Å². The van der Waals surface area contributed by atoms with Gasteiger partial charge in [-0.25, -0.2) is 5.43 Å². The lowest BCUT2D eigenvalue weighted by Crippen LogP contribution is -2.29. The number of hydrazine groups is 1. The molecule has 1 saturated heterocycles. The van der Waals surface area contributed by atoms with Crippen molar-refractivity contribution in [2.45, 2.75) is 38.4 Å². The van der Waals surface area contributed by atoms with Gasteiger partial charge in [-0.05, 0) is 31.1 Å². The van der Waals surface area contributed by atoms with Crippen LogP contribution < -0.4 is 22.3 Å². The molecule has 0 bridgehead atoms. The zero-order valence-corrected chi connectivity index (χ0v) is 15.8. The molecule has 27 heavy (non-hydrogen) atoms. The molecule has 1 fully saturated rings. The van der Waals surface area contributed by atoms with Crippen LogP contribution in [0.1, 0.15) is 17.5 Å². The van der Waals surface area contributed by atoms with Gasteiger partial charge in [-0.2, -0.15) is 0 Å². The number of aryl methyl sites for hydroxylation is 1. The van der Waals surface area contributed by atoms with E-state index >= 15 is 0 Å². The van der Waals surface area contributed by atoms with E-state index in [2.05, 4.69) is 15.7 Å². The predicted octanol–water partition coefficient (Wildman–Crippen LogP) is 2.39. The normalized spacial score (nSPS) is 24.8. The highest BCUT2D eigenvalue weighted by atomic mass is 35.5. The molecule has 144 valence electrons. The molecule has 3 unspecified atom stereocenters. The van der Waals surface area contributed by atoms with Crippen LogP contribution in [0.4, 0.5) is 5.69 Å². The molecule has 0 spiro atoms. The average Bonchev–Trinajstić information content (AvgIpc) is 3.41. The smallest absolute Gasteiger partial charge is 0.185 e. The number of nitrogens with two attached hydrogens (primary N) is 2. The van der Waals surface area contributed by atoms with E-state index < -0.39 is 0 Å². The van der Waals surface area contributed by atoms with Gasteiger partial charge in [-0.3, -0.25) is 10.8 Å². The van der Waals surface area contributed by atoms with Gasteiger partial charge in [0, 0.05) is 28.6 Å². The van der Waals surface area contributed by atoms with E-state index in [1.807, 2.05) is 43.4 Å². The Labute approximate surface area is 163 Å². The number of ether oxygens (including phenoxy) is 2. The zero-order chi connectivity index (χ0) is 19.2. The molecular weight excluding hydrogens is 366 g/mol. The first-order chi connectivity index (χ1) is 13.1. The highest BCUT2D eigenvalue weighted by Gasteiger charge is 2.38. The summed E-state index contributed by atoms with van der Waals surface area (Å²) in [5.41, 5.74) is 11.5. The van der Waals surface area contributed by atoms with Crippen LogP contribution in [0.3, 0.4) is 0 Å². The topological polar surface area (TPSA) is 110 Å². The molecule has 0 radical (unpaired) electrons. The van der Waals surface area contributed by atoms with Crippen LogP contribution in [0.2, 0.25) is 0 Å². The van der Waals surface area contributed by atoms with E-state index in [0.29, 0.717) is 12.5 Å². The third kappa shape index (κ3) is 5.58. The number of benzene rings is 1. The SMILES string of the molecule is Cc1cccc(NC2OC2NN)c1COC(N)=CC=NC1C=CC(Cl)=CC1. The van der Waals surface area contributed by atoms with Gasteiger partial charge in [-0.15, -0.1) is 0 Å². The van der Waals surface area contributed by atoms with Crippen LogP contribution >= 0.6 is 11.6 Å². The maximum Gasteiger partial charge on any atom is 0.185 e. The molecule has 7 nitrogen and oxygen atoms in total. The van der Waals surface area contributed by atoms with Crippen molar-refractivity contribution in [3.8, 4) is 0 Å². The summed E-state index contributed by atoms with van der Waals surface area (Å²) in [6.45, 7) is 2.35. The quantitative estimate of drug-likeness (QED) is 0.179. The highest BCUT2D eigenvalue weighted by Crippen LogP contribution is 2.27.